The lowest BCUT2D eigenvalue weighted by molar-refractivity contribution is 0.112. The van der Waals surface area contributed by atoms with Gasteiger partial charge in [-0.25, -0.2) is 9.97 Å². The molecule has 0 unspecified atom stereocenters. The molecule has 0 amide bonds. The van der Waals surface area contributed by atoms with Crippen molar-refractivity contribution in [2.24, 2.45) is 0 Å². The van der Waals surface area contributed by atoms with Gasteiger partial charge in [0.1, 0.15) is 17.3 Å². The maximum absolute atomic E-state index is 10.8. The van der Waals surface area contributed by atoms with E-state index in [1.165, 1.54) is 6.33 Å². The van der Waals surface area contributed by atoms with Gasteiger partial charge in [0, 0.05) is 6.07 Å². The fourth-order valence-electron chi connectivity index (χ4n) is 1.29. The summed E-state index contributed by atoms with van der Waals surface area (Å²) in [7, 11) is 0. The Hall–Kier alpha value is -1.95. The van der Waals surface area contributed by atoms with Crippen LogP contribution in [0, 0.1) is 6.92 Å². The maximum atomic E-state index is 10.8. The van der Waals surface area contributed by atoms with Crippen molar-refractivity contribution in [2.75, 3.05) is 5.32 Å². The summed E-state index contributed by atoms with van der Waals surface area (Å²) < 4.78 is 5.01. The molecule has 0 saturated heterocycles. The van der Waals surface area contributed by atoms with Crippen LogP contribution in [-0.2, 0) is 6.54 Å². The van der Waals surface area contributed by atoms with E-state index in [0.717, 1.165) is 5.69 Å². The first kappa shape index (κ1) is 11.5. The fraction of sp³-hybridized carbons (Fsp3) is 0.200. The minimum atomic E-state index is 0.117. The molecule has 2 aromatic heterocycles. The van der Waals surface area contributed by atoms with Crippen LogP contribution in [0.2, 0.25) is 5.15 Å². The second kappa shape index (κ2) is 4.92. The van der Waals surface area contributed by atoms with Crippen LogP contribution in [0.1, 0.15) is 21.8 Å². The van der Waals surface area contributed by atoms with E-state index in [1.807, 2.05) is 6.92 Å². The van der Waals surface area contributed by atoms with Gasteiger partial charge in [-0.15, -0.1) is 0 Å². The smallest absolute Gasteiger partial charge is 0.156 e. The average Bonchev–Trinajstić information content (AvgIpc) is 2.72. The Kier molecular flexibility index (Phi) is 3.34. The Morgan fingerprint density at radius 3 is 3.00 bits per heavy atom. The van der Waals surface area contributed by atoms with Crippen LogP contribution in [-0.4, -0.2) is 21.4 Å². The molecule has 0 saturated carbocycles. The van der Waals surface area contributed by atoms with Crippen molar-refractivity contribution in [3.63, 3.8) is 0 Å². The summed E-state index contributed by atoms with van der Waals surface area (Å²) in [5.74, 6) is 1.02. The predicted molar refractivity (Wildman–Crippen MR) is 61.0 cm³/mol. The quantitative estimate of drug-likeness (QED) is 0.661. The number of hydrogen-bond acceptors (Lipinski definition) is 6. The standard InChI is InChI=1S/C10H9ClN4O2/c1-6-2-7(17-15-6)3-12-10-8(4-16)9(11)13-5-14-10/h2,4-5H,3H2,1H3,(H,12,13,14). The third-order valence-corrected chi connectivity index (χ3v) is 2.36. The minimum Gasteiger partial charge on any atom is -0.362 e. The zero-order chi connectivity index (χ0) is 12.3. The highest BCUT2D eigenvalue weighted by molar-refractivity contribution is 6.32. The normalized spacial score (nSPS) is 10.2. The van der Waals surface area contributed by atoms with E-state index in [0.29, 0.717) is 24.4 Å². The monoisotopic (exact) mass is 252 g/mol. The molecule has 0 bridgehead atoms. The van der Waals surface area contributed by atoms with Gasteiger partial charge in [-0.05, 0) is 6.92 Å². The summed E-state index contributed by atoms with van der Waals surface area (Å²) in [5, 5.41) is 6.80. The summed E-state index contributed by atoms with van der Waals surface area (Å²) in [5.41, 5.74) is 1.02. The van der Waals surface area contributed by atoms with E-state index in [1.54, 1.807) is 6.07 Å². The molecule has 0 aliphatic heterocycles. The molecule has 7 heteroatoms. The van der Waals surface area contributed by atoms with Crippen molar-refractivity contribution in [3.8, 4) is 0 Å². The van der Waals surface area contributed by atoms with Crippen molar-refractivity contribution >= 4 is 23.7 Å². The summed E-state index contributed by atoms with van der Waals surface area (Å²) >= 11 is 5.76. The average molecular weight is 253 g/mol. The molecule has 2 rings (SSSR count). The molecule has 1 N–H and O–H groups in total. The van der Waals surface area contributed by atoms with Crippen LogP contribution >= 0.6 is 11.6 Å². The van der Waals surface area contributed by atoms with Crippen molar-refractivity contribution < 1.29 is 9.32 Å². The molecule has 6 nitrogen and oxygen atoms in total. The van der Waals surface area contributed by atoms with E-state index in [9.17, 15) is 4.79 Å². The van der Waals surface area contributed by atoms with Gasteiger partial charge in [0.2, 0.25) is 0 Å². The van der Waals surface area contributed by atoms with Crippen molar-refractivity contribution in [1.82, 2.24) is 15.1 Å². The molecular weight excluding hydrogens is 244 g/mol. The summed E-state index contributed by atoms with van der Waals surface area (Å²) in [6.07, 6.45) is 1.89. The van der Waals surface area contributed by atoms with Crippen LogP contribution in [0.15, 0.2) is 16.9 Å². The van der Waals surface area contributed by atoms with Crippen LogP contribution < -0.4 is 5.32 Å². The molecule has 17 heavy (non-hydrogen) atoms. The zero-order valence-electron chi connectivity index (χ0n) is 8.98. The highest BCUT2D eigenvalue weighted by Crippen LogP contribution is 2.17. The second-order valence-corrected chi connectivity index (χ2v) is 3.69. The van der Waals surface area contributed by atoms with Gasteiger partial charge in [-0.2, -0.15) is 0 Å². The van der Waals surface area contributed by atoms with Crippen LogP contribution in [0.5, 0.6) is 0 Å². The molecule has 88 valence electrons. The first-order chi connectivity index (χ1) is 8.20. The number of aromatic nitrogens is 3. The predicted octanol–water partition coefficient (Wildman–Crippen LogP) is 1.85. The summed E-state index contributed by atoms with van der Waals surface area (Å²) in [6, 6.07) is 1.79. The number of nitrogens with zero attached hydrogens (tertiary/aromatic N) is 3. The number of carbonyl (C=O) groups is 1. The zero-order valence-corrected chi connectivity index (χ0v) is 9.73. The molecule has 0 spiro atoms. The lowest BCUT2D eigenvalue weighted by Crippen LogP contribution is -2.05. The molecule has 0 aliphatic carbocycles. The van der Waals surface area contributed by atoms with Gasteiger partial charge in [-0.1, -0.05) is 16.8 Å². The van der Waals surface area contributed by atoms with Gasteiger partial charge >= 0.3 is 0 Å². The Morgan fingerprint density at radius 2 is 2.35 bits per heavy atom. The van der Waals surface area contributed by atoms with Crippen LogP contribution in [0.4, 0.5) is 5.82 Å². The first-order valence-electron chi connectivity index (χ1n) is 4.82. The number of nitrogens with one attached hydrogen (secondary N) is 1. The molecule has 0 radical (unpaired) electrons. The minimum absolute atomic E-state index is 0.117. The largest absolute Gasteiger partial charge is 0.362 e. The lowest BCUT2D eigenvalue weighted by Gasteiger charge is -2.05. The SMILES string of the molecule is Cc1cc(CNc2ncnc(Cl)c2C=O)on1. The Balaban J connectivity index is 2.14. The van der Waals surface area contributed by atoms with Crippen molar-refractivity contribution in [2.45, 2.75) is 13.5 Å². The fourth-order valence-corrected chi connectivity index (χ4v) is 1.47. The molecule has 0 aromatic carbocycles. The second-order valence-electron chi connectivity index (χ2n) is 3.33. The molecule has 0 aliphatic rings. The van der Waals surface area contributed by atoms with E-state index in [2.05, 4.69) is 20.4 Å². The summed E-state index contributed by atoms with van der Waals surface area (Å²) in [6.45, 7) is 2.19. The number of rotatable bonds is 4. The first-order valence-corrected chi connectivity index (χ1v) is 5.20. The number of anilines is 1. The van der Waals surface area contributed by atoms with E-state index in [4.69, 9.17) is 16.1 Å². The molecular formula is C10H9ClN4O2. The number of aldehydes is 1. The van der Waals surface area contributed by atoms with Gasteiger partial charge in [-0.3, -0.25) is 4.79 Å². The van der Waals surface area contributed by atoms with E-state index >= 15 is 0 Å². The van der Waals surface area contributed by atoms with Crippen LogP contribution in [0.25, 0.3) is 0 Å². The summed E-state index contributed by atoms with van der Waals surface area (Å²) in [4.78, 5) is 18.5. The van der Waals surface area contributed by atoms with E-state index < -0.39 is 0 Å². The Labute approximate surface area is 102 Å². The van der Waals surface area contributed by atoms with Crippen LogP contribution in [0.3, 0.4) is 0 Å². The highest BCUT2D eigenvalue weighted by Gasteiger charge is 2.09. The van der Waals surface area contributed by atoms with Gasteiger partial charge in [0.15, 0.2) is 12.0 Å². The lowest BCUT2D eigenvalue weighted by atomic mass is 10.3. The van der Waals surface area contributed by atoms with Gasteiger partial charge in [0.25, 0.3) is 0 Å². The number of hydrogen-bond donors (Lipinski definition) is 1. The number of aryl methyl sites for hydroxylation is 1. The third kappa shape index (κ3) is 2.59. The highest BCUT2D eigenvalue weighted by atomic mass is 35.5. The van der Waals surface area contributed by atoms with E-state index in [-0.39, 0.29) is 10.7 Å². The molecule has 2 aromatic rings. The molecule has 2 heterocycles. The number of carbonyl (C=O) groups excluding carboxylic acids is 1. The van der Waals surface area contributed by atoms with Gasteiger partial charge < -0.3 is 9.84 Å². The number of halogens is 1. The molecule has 0 fully saturated rings. The van der Waals surface area contributed by atoms with Crippen molar-refractivity contribution in [3.05, 3.63) is 34.6 Å². The third-order valence-electron chi connectivity index (χ3n) is 2.06. The molecule has 0 atom stereocenters. The topological polar surface area (TPSA) is 80.9 Å². The maximum Gasteiger partial charge on any atom is 0.156 e. The van der Waals surface area contributed by atoms with Crippen molar-refractivity contribution in [1.29, 1.82) is 0 Å². The Morgan fingerprint density at radius 1 is 1.53 bits per heavy atom. The Bertz CT molecular complexity index is 541. The van der Waals surface area contributed by atoms with Gasteiger partial charge in [0.05, 0.1) is 17.8 Å².